The van der Waals surface area contributed by atoms with Gasteiger partial charge in [-0.1, -0.05) is 0 Å². The van der Waals surface area contributed by atoms with Crippen molar-refractivity contribution in [3.8, 4) is 0 Å². The van der Waals surface area contributed by atoms with Crippen molar-refractivity contribution in [3.63, 3.8) is 0 Å². The largest absolute Gasteiger partial charge is 0.464 e. The molecule has 18 heavy (non-hydrogen) atoms. The smallest absolute Gasteiger partial charge is 0.354 e. The van der Waals surface area contributed by atoms with Crippen molar-refractivity contribution in [2.45, 2.75) is 18.6 Å². The molecule has 1 aromatic rings. The van der Waals surface area contributed by atoms with Gasteiger partial charge in [0.2, 0.25) is 0 Å². The van der Waals surface area contributed by atoms with Gasteiger partial charge >= 0.3 is 5.97 Å². The van der Waals surface area contributed by atoms with Crippen molar-refractivity contribution in [2.75, 3.05) is 26.9 Å². The number of aromatic amines is 1. The molecule has 1 atom stereocenters. The van der Waals surface area contributed by atoms with Crippen LogP contribution < -0.4 is 5.32 Å². The standard InChI is InChI=1S/C12H18N2O4/c1-17-11(15)10-3-2-9(14-10)6-13-7-12(16)4-5-18-8-12/h2-3,13-14,16H,4-8H2,1H3. The van der Waals surface area contributed by atoms with Crippen LogP contribution in [0.2, 0.25) is 0 Å². The van der Waals surface area contributed by atoms with E-state index in [1.54, 1.807) is 6.07 Å². The Labute approximate surface area is 105 Å². The summed E-state index contributed by atoms with van der Waals surface area (Å²) in [5.74, 6) is -0.385. The van der Waals surface area contributed by atoms with Crippen molar-refractivity contribution in [1.29, 1.82) is 0 Å². The molecule has 1 saturated heterocycles. The summed E-state index contributed by atoms with van der Waals surface area (Å²) in [5, 5.41) is 13.2. The van der Waals surface area contributed by atoms with E-state index in [1.807, 2.05) is 6.07 Å². The minimum absolute atomic E-state index is 0.373. The number of ether oxygens (including phenoxy) is 2. The first-order valence-electron chi connectivity index (χ1n) is 5.90. The van der Waals surface area contributed by atoms with Crippen molar-refractivity contribution >= 4 is 5.97 Å². The minimum Gasteiger partial charge on any atom is -0.464 e. The monoisotopic (exact) mass is 254 g/mol. The number of hydrogen-bond acceptors (Lipinski definition) is 5. The third kappa shape index (κ3) is 3.10. The summed E-state index contributed by atoms with van der Waals surface area (Å²) < 4.78 is 9.76. The lowest BCUT2D eigenvalue weighted by atomic mass is 10.0. The molecule has 6 heteroatoms. The topological polar surface area (TPSA) is 83.6 Å². The average molecular weight is 254 g/mol. The Morgan fingerprint density at radius 3 is 3.17 bits per heavy atom. The number of hydrogen-bond donors (Lipinski definition) is 3. The zero-order valence-corrected chi connectivity index (χ0v) is 10.4. The van der Waals surface area contributed by atoms with Crippen molar-refractivity contribution in [2.24, 2.45) is 0 Å². The highest BCUT2D eigenvalue weighted by Crippen LogP contribution is 2.17. The van der Waals surface area contributed by atoms with Crippen LogP contribution in [-0.4, -0.2) is 48.5 Å². The number of carbonyl (C=O) groups is 1. The van der Waals surface area contributed by atoms with Crippen LogP contribution in [0, 0.1) is 0 Å². The summed E-state index contributed by atoms with van der Waals surface area (Å²) in [7, 11) is 1.34. The molecule has 0 aromatic carbocycles. The molecule has 0 spiro atoms. The van der Waals surface area contributed by atoms with Crippen molar-refractivity contribution in [3.05, 3.63) is 23.5 Å². The summed E-state index contributed by atoms with van der Waals surface area (Å²) in [6, 6.07) is 3.49. The van der Waals surface area contributed by atoms with Gasteiger partial charge < -0.3 is 24.9 Å². The van der Waals surface area contributed by atoms with Crippen LogP contribution in [0.3, 0.4) is 0 Å². The van der Waals surface area contributed by atoms with Crippen LogP contribution >= 0.6 is 0 Å². The Bertz CT molecular complexity index is 410. The van der Waals surface area contributed by atoms with Gasteiger partial charge in [-0.2, -0.15) is 0 Å². The van der Waals surface area contributed by atoms with E-state index in [4.69, 9.17) is 4.74 Å². The van der Waals surface area contributed by atoms with Gasteiger partial charge in [0.05, 0.1) is 13.7 Å². The molecule has 0 amide bonds. The molecule has 6 nitrogen and oxygen atoms in total. The highest BCUT2D eigenvalue weighted by atomic mass is 16.5. The highest BCUT2D eigenvalue weighted by molar-refractivity contribution is 5.87. The van der Waals surface area contributed by atoms with Gasteiger partial charge in [-0.25, -0.2) is 4.79 Å². The van der Waals surface area contributed by atoms with E-state index >= 15 is 0 Å². The van der Waals surface area contributed by atoms with Gasteiger partial charge in [0, 0.05) is 31.8 Å². The second kappa shape index (κ2) is 5.51. The van der Waals surface area contributed by atoms with E-state index in [0.29, 0.717) is 38.4 Å². The van der Waals surface area contributed by atoms with Gasteiger partial charge in [0.1, 0.15) is 11.3 Å². The summed E-state index contributed by atoms with van der Waals surface area (Å²) in [5.41, 5.74) is 0.535. The normalized spacial score (nSPS) is 23.2. The van der Waals surface area contributed by atoms with E-state index in [1.165, 1.54) is 7.11 Å². The van der Waals surface area contributed by atoms with E-state index in [-0.39, 0.29) is 5.97 Å². The maximum atomic E-state index is 11.2. The Balaban J connectivity index is 1.80. The molecule has 1 aromatic heterocycles. The van der Waals surface area contributed by atoms with Crippen LogP contribution in [0.25, 0.3) is 0 Å². The molecule has 0 aliphatic carbocycles. The maximum Gasteiger partial charge on any atom is 0.354 e. The Morgan fingerprint density at radius 2 is 2.50 bits per heavy atom. The molecule has 0 radical (unpaired) electrons. The van der Waals surface area contributed by atoms with Gasteiger partial charge in [0.15, 0.2) is 0 Å². The number of aliphatic hydroxyl groups is 1. The molecular weight excluding hydrogens is 236 g/mol. The number of carbonyl (C=O) groups excluding carboxylic acids is 1. The lowest BCUT2D eigenvalue weighted by molar-refractivity contribution is 0.0268. The molecule has 0 bridgehead atoms. The SMILES string of the molecule is COC(=O)c1ccc(CNCC2(O)CCOC2)[nH]1. The van der Waals surface area contributed by atoms with E-state index in [0.717, 1.165) is 5.69 Å². The first-order chi connectivity index (χ1) is 8.63. The molecule has 1 unspecified atom stereocenters. The lowest BCUT2D eigenvalue weighted by Crippen LogP contribution is -2.40. The van der Waals surface area contributed by atoms with E-state index < -0.39 is 5.60 Å². The first-order valence-corrected chi connectivity index (χ1v) is 5.90. The second-order valence-electron chi connectivity index (χ2n) is 4.52. The van der Waals surface area contributed by atoms with E-state index in [2.05, 4.69) is 15.0 Å². The summed E-state index contributed by atoms with van der Waals surface area (Å²) in [4.78, 5) is 14.2. The van der Waals surface area contributed by atoms with Crippen LogP contribution in [0.1, 0.15) is 22.6 Å². The van der Waals surface area contributed by atoms with Crippen LogP contribution in [0.4, 0.5) is 0 Å². The summed E-state index contributed by atoms with van der Waals surface area (Å²) in [6.07, 6.45) is 0.651. The number of methoxy groups -OCH3 is 1. The predicted octanol–water partition coefficient (Wildman–Crippen LogP) is 0.0423. The fourth-order valence-corrected chi connectivity index (χ4v) is 1.94. The third-order valence-corrected chi connectivity index (χ3v) is 3.00. The quantitative estimate of drug-likeness (QED) is 0.646. The van der Waals surface area contributed by atoms with Gasteiger partial charge in [0.25, 0.3) is 0 Å². The van der Waals surface area contributed by atoms with Gasteiger partial charge in [-0.05, 0) is 12.1 Å². The number of rotatable bonds is 5. The lowest BCUT2D eigenvalue weighted by Gasteiger charge is -2.20. The van der Waals surface area contributed by atoms with Crippen molar-refractivity contribution in [1.82, 2.24) is 10.3 Å². The Morgan fingerprint density at radius 1 is 1.67 bits per heavy atom. The highest BCUT2D eigenvalue weighted by Gasteiger charge is 2.31. The molecule has 1 aliphatic heterocycles. The molecule has 2 heterocycles. The van der Waals surface area contributed by atoms with Crippen LogP contribution in [0.5, 0.6) is 0 Å². The molecular formula is C12H18N2O4. The first kappa shape index (κ1) is 13.1. The number of aromatic nitrogens is 1. The number of H-pyrrole nitrogens is 1. The fraction of sp³-hybridized carbons (Fsp3) is 0.583. The molecule has 2 rings (SSSR count). The zero-order valence-electron chi connectivity index (χ0n) is 10.4. The Hall–Kier alpha value is -1.37. The van der Waals surface area contributed by atoms with Gasteiger partial charge in [-0.3, -0.25) is 0 Å². The Kier molecular flexibility index (Phi) is 4.00. The molecule has 0 saturated carbocycles. The summed E-state index contributed by atoms with van der Waals surface area (Å²) >= 11 is 0. The van der Waals surface area contributed by atoms with Crippen LogP contribution in [0.15, 0.2) is 12.1 Å². The molecule has 1 aliphatic rings. The zero-order chi connectivity index (χ0) is 13.0. The van der Waals surface area contributed by atoms with Crippen LogP contribution in [-0.2, 0) is 16.0 Å². The maximum absolute atomic E-state index is 11.2. The third-order valence-electron chi connectivity index (χ3n) is 3.00. The fourth-order valence-electron chi connectivity index (χ4n) is 1.94. The van der Waals surface area contributed by atoms with Gasteiger partial charge in [-0.15, -0.1) is 0 Å². The molecule has 3 N–H and O–H groups in total. The second-order valence-corrected chi connectivity index (χ2v) is 4.52. The molecule has 100 valence electrons. The number of esters is 1. The molecule has 1 fully saturated rings. The van der Waals surface area contributed by atoms with E-state index in [9.17, 15) is 9.90 Å². The average Bonchev–Trinajstić information content (AvgIpc) is 2.98. The van der Waals surface area contributed by atoms with Crippen molar-refractivity contribution < 1.29 is 19.4 Å². The summed E-state index contributed by atoms with van der Waals surface area (Å²) in [6.45, 7) is 2.00. The number of nitrogens with one attached hydrogen (secondary N) is 2. The minimum atomic E-state index is -0.766. The predicted molar refractivity (Wildman–Crippen MR) is 64.2 cm³/mol.